The molecule has 152 valence electrons. The van der Waals surface area contributed by atoms with Crippen molar-refractivity contribution in [2.45, 2.75) is 30.1 Å². The number of anilines is 1. The van der Waals surface area contributed by atoms with Crippen molar-refractivity contribution in [3.8, 4) is 17.1 Å². The fourth-order valence-corrected chi connectivity index (χ4v) is 3.78. The molecule has 1 fully saturated rings. The number of aromatic nitrogens is 4. The molecule has 0 saturated heterocycles. The number of rotatable bonds is 6. The maximum atomic E-state index is 12.5. The first-order chi connectivity index (χ1) is 13.7. The Balaban J connectivity index is 1.52. The van der Waals surface area contributed by atoms with Crippen LogP contribution >= 0.6 is 0 Å². The first-order valence-corrected chi connectivity index (χ1v) is 9.96. The van der Waals surface area contributed by atoms with E-state index in [-0.39, 0.29) is 16.6 Å². The Kier molecular flexibility index (Phi) is 4.65. The van der Waals surface area contributed by atoms with Gasteiger partial charge in [0.1, 0.15) is 5.75 Å². The highest BCUT2D eigenvalue weighted by atomic mass is 32.2. The largest absolute Gasteiger partial charge is 0.573 e. The van der Waals surface area contributed by atoms with Crippen LogP contribution in [0.1, 0.15) is 18.9 Å². The lowest BCUT2D eigenvalue weighted by atomic mass is 10.2. The first-order valence-electron chi connectivity index (χ1n) is 8.48. The number of ether oxygens (including phenoxy) is 1. The van der Waals surface area contributed by atoms with Gasteiger partial charge in [-0.15, -0.1) is 18.3 Å². The van der Waals surface area contributed by atoms with E-state index < -0.39 is 22.1 Å². The lowest BCUT2D eigenvalue weighted by molar-refractivity contribution is -0.274. The molecular weight excluding hydrogens is 411 g/mol. The zero-order chi connectivity index (χ0) is 20.6. The highest BCUT2D eigenvalue weighted by Crippen LogP contribution is 2.36. The van der Waals surface area contributed by atoms with Crippen LogP contribution < -0.4 is 9.46 Å². The quantitative estimate of drug-likeness (QED) is 0.650. The van der Waals surface area contributed by atoms with Gasteiger partial charge in [0.05, 0.1) is 10.9 Å². The first kappa shape index (κ1) is 19.2. The van der Waals surface area contributed by atoms with Crippen molar-refractivity contribution in [2.24, 2.45) is 0 Å². The number of hydrogen-bond donors (Lipinski definition) is 1. The summed E-state index contributed by atoms with van der Waals surface area (Å²) in [6, 6.07) is 10.8. The fraction of sp³-hybridized carbons (Fsp3) is 0.235. The summed E-state index contributed by atoms with van der Waals surface area (Å²) in [5.74, 6) is -0.0402. The second kappa shape index (κ2) is 7.03. The van der Waals surface area contributed by atoms with Crippen molar-refractivity contribution < 1.29 is 26.3 Å². The molecule has 3 aromatic rings. The molecule has 1 N–H and O–H groups in total. The van der Waals surface area contributed by atoms with Gasteiger partial charge >= 0.3 is 6.36 Å². The molecule has 12 heteroatoms. The van der Waals surface area contributed by atoms with Gasteiger partial charge < -0.3 is 4.74 Å². The van der Waals surface area contributed by atoms with E-state index in [2.05, 4.69) is 25.0 Å². The standard InChI is InChI=1S/C17H14F3N5O3S/c18-17(19,20)28-14-2-1-3-15(10-14)29(26,27)22-12-6-4-11(5-7-12)16-21-23-24-25(16)13-8-9-13/h1-7,10,13,22H,8-9H2. The topological polar surface area (TPSA) is 99.0 Å². The minimum absolute atomic E-state index is 0.237. The fourth-order valence-electron chi connectivity index (χ4n) is 2.69. The molecular formula is C17H14F3N5O3S. The van der Waals surface area contributed by atoms with Crippen molar-refractivity contribution >= 4 is 15.7 Å². The lowest BCUT2D eigenvalue weighted by Gasteiger charge is -2.12. The Morgan fingerprint density at radius 2 is 1.83 bits per heavy atom. The van der Waals surface area contributed by atoms with Crippen LogP contribution in [0.3, 0.4) is 0 Å². The van der Waals surface area contributed by atoms with Crippen molar-refractivity contribution in [2.75, 3.05) is 4.72 Å². The molecule has 1 saturated carbocycles. The van der Waals surface area contributed by atoms with Crippen LogP contribution in [0.25, 0.3) is 11.4 Å². The SMILES string of the molecule is O=S(=O)(Nc1ccc(-c2nnnn2C2CC2)cc1)c1cccc(OC(F)(F)F)c1. The van der Waals surface area contributed by atoms with E-state index in [9.17, 15) is 21.6 Å². The normalized spacial score (nSPS) is 14.6. The summed E-state index contributed by atoms with van der Waals surface area (Å²) in [5, 5.41) is 11.6. The van der Waals surface area contributed by atoms with Crippen LogP contribution in [-0.2, 0) is 10.0 Å². The summed E-state index contributed by atoms with van der Waals surface area (Å²) in [5.41, 5.74) is 0.951. The predicted molar refractivity (Wildman–Crippen MR) is 95.5 cm³/mol. The Morgan fingerprint density at radius 1 is 1.10 bits per heavy atom. The third-order valence-electron chi connectivity index (χ3n) is 4.13. The molecule has 0 amide bonds. The Hall–Kier alpha value is -3.15. The molecule has 0 atom stereocenters. The molecule has 1 aromatic heterocycles. The third kappa shape index (κ3) is 4.47. The number of halogens is 3. The van der Waals surface area contributed by atoms with E-state index >= 15 is 0 Å². The highest BCUT2D eigenvalue weighted by molar-refractivity contribution is 7.92. The van der Waals surface area contributed by atoms with E-state index in [0.717, 1.165) is 31.0 Å². The Bertz CT molecular complexity index is 1130. The monoisotopic (exact) mass is 425 g/mol. The van der Waals surface area contributed by atoms with Gasteiger partial charge in [-0.3, -0.25) is 4.72 Å². The molecule has 0 radical (unpaired) electrons. The van der Waals surface area contributed by atoms with E-state index in [1.165, 1.54) is 18.2 Å². The summed E-state index contributed by atoms with van der Waals surface area (Å²) in [6.07, 6.45) is -2.90. The van der Waals surface area contributed by atoms with Gasteiger partial charge in [0.15, 0.2) is 5.82 Å². The van der Waals surface area contributed by atoms with Crippen LogP contribution in [0.5, 0.6) is 5.75 Å². The molecule has 1 aliphatic carbocycles. The molecule has 0 bridgehead atoms. The van der Waals surface area contributed by atoms with Crippen LogP contribution in [0.15, 0.2) is 53.4 Å². The van der Waals surface area contributed by atoms with Gasteiger partial charge in [-0.05, 0) is 59.7 Å². The van der Waals surface area contributed by atoms with Gasteiger partial charge in [0.25, 0.3) is 10.0 Å². The van der Waals surface area contributed by atoms with E-state index in [1.54, 1.807) is 16.8 Å². The molecule has 1 heterocycles. The lowest BCUT2D eigenvalue weighted by Crippen LogP contribution is -2.18. The van der Waals surface area contributed by atoms with Gasteiger partial charge in [0.2, 0.25) is 0 Å². The number of nitrogens with one attached hydrogen (secondary N) is 1. The van der Waals surface area contributed by atoms with Crippen molar-refractivity contribution in [3.63, 3.8) is 0 Å². The van der Waals surface area contributed by atoms with E-state index in [4.69, 9.17) is 0 Å². The number of nitrogens with zero attached hydrogens (tertiary/aromatic N) is 4. The summed E-state index contributed by atoms with van der Waals surface area (Å²) >= 11 is 0. The van der Waals surface area contributed by atoms with Crippen molar-refractivity contribution in [1.29, 1.82) is 0 Å². The van der Waals surface area contributed by atoms with Crippen molar-refractivity contribution in [1.82, 2.24) is 20.2 Å². The van der Waals surface area contributed by atoms with Crippen LogP contribution in [0.4, 0.5) is 18.9 Å². The summed E-state index contributed by atoms with van der Waals surface area (Å²) < 4.78 is 69.9. The smallest absolute Gasteiger partial charge is 0.406 e. The molecule has 1 aliphatic rings. The zero-order valence-corrected chi connectivity index (χ0v) is 15.5. The van der Waals surface area contributed by atoms with Gasteiger partial charge in [-0.1, -0.05) is 6.07 Å². The van der Waals surface area contributed by atoms with Crippen LogP contribution in [0, 0.1) is 0 Å². The van der Waals surface area contributed by atoms with Crippen molar-refractivity contribution in [3.05, 3.63) is 48.5 Å². The van der Waals surface area contributed by atoms with Crippen LogP contribution in [-0.4, -0.2) is 35.0 Å². The molecule has 8 nitrogen and oxygen atoms in total. The highest BCUT2D eigenvalue weighted by Gasteiger charge is 2.31. The minimum Gasteiger partial charge on any atom is -0.406 e. The number of sulfonamides is 1. The summed E-state index contributed by atoms with van der Waals surface area (Å²) in [6.45, 7) is 0. The Morgan fingerprint density at radius 3 is 2.48 bits per heavy atom. The maximum absolute atomic E-state index is 12.5. The third-order valence-corrected chi connectivity index (χ3v) is 5.51. The van der Waals surface area contributed by atoms with Gasteiger partial charge in [0, 0.05) is 17.3 Å². The predicted octanol–water partition coefficient (Wildman–Crippen LogP) is 3.37. The molecule has 0 spiro atoms. The van der Waals surface area contributed by atoms with Crippen LogP contribution in [0.2, 0.25) is 0 Å². The zero-order valence-electron chi connectivity index (χ0n) is 14.7. The number of tetrazole rings is 1. The minimum atomic E-state index is -4.92. The van der Waals surface area contributed by atoms with E-state index in [1.807, 2.05) is 0 Å². The second-order valence-electron chi connectivity index (χ2n) is 6.38. The summed E-state index contributed by atoms with van der Waals surface area (Å²) in [4.78, 5) is -0.360. The number of benzene rings is 2. The molecule has 0 unspecified atom stereocenters. The maximum Gasteiger partial charge on any atom is 0.573 e. The van der Waals surface area contributed by atoms with E-state index in [0.29, 0.717) is 11.4 Å². The number of hydrogen-bond acceptors (Lipinski definition) is 6. The number of alkyl halides is 3. The second-order valence-corrected chi connectivity index (χ2v) is 8.07. The molecule has 29 heavy (non-hydrogen) atoms. The molecule has 4 rings (SSSR count). The van der Waals surface area contributed by atoms with Gasteiger partial charge in [-0.2, -0.15) is 0 Å². The van der Waals surface area contributed by atoms with Gasteiger partial charge in [-0.25, -0.2) is 13.1 Å². The Labute approximate surface area is 163 Å². The molecule has 2 aromatic carbocycles. The average molecular weight is 425 g/mol. The molecule has 0 aliphatic heterocycles. The summed E-state index contributed by atoms with van der Waals surface area (Å²) in [7, 11) is -4.11. The average Bonchev–Trinajstić information content (AvgIpc) is 3.38.